The summed E-state index contributed by atoms with van der Waals surface area (Å²) in [6.45, 7) is 0. The van der Waals surface area contributed by atoms with Crippen LogP contribution in [0, 0.1) is 0 Å². The standard InChI is InChI=1S/C21H22F2N6O3S/c22-17(23)16-15-10-12-11-25-20(26-13-4-6-14(7-5-13)33(24,31)32)28-18(12)29(15)21(19(30)27-16)8-2-1-3-9-21/h4-7,10-11,16-17H,1-3,8-9H2,(H,27,30)(H2,24,31,32)(H,25,26,28)/t16-/m1/s1. The minimum Gasteiger partial charge on any atom is -0.340 e. The van der Waals surface area contributed by atoms with Gasteiger partial charge in [-0.3, -0.25) is 4.79 Å². The number of hydrogen-bond acceptors (Lipinski definition) is 6. The monoisotopic (exact) mass is 476 g/mol. The molecule has 1 amide bonds. The van der Waals surface area contributed by atoms with Crippen molar-refractivity contribution in [3.05, 3.63) is 42.2 Å². The Labute approximate surface area is 188 Å². The first-order chi connectivity index (χ1) is 15.7. The van der Waals surface area contributed by atoms with E-state index in [2.05, 4.69) is 20.6 Å². The topological polar surface area (TPSA) is 132 Å². The highest BCUT2D eigenvalue weighted by Gasteiger charge is 2.50. The number of hydrogen-bond donors (Lipinski definition) is 3. The molecule has 1 aliphatic carbocycles. The summed E-state index contributed by atoms with van der Waals surface area (Å²) < 4.78 is 52.2. The van der Waals surface area contributed by atoms with Crippen molar-refractivity contribution in [2.75, 3.05) is 5.32 Å². The third kappa shape index (κ3) is 3.62. The molecule has 1 fully saturated rings. The predicted molar refractivity (Wildman–Crippen MR) is 117 cm³/mol. The molecule has 3 aromatic rings. The number of halogens is 2. The van der Waals surface area contributed by atoms with E-state index in [0.29, 0.717) is 35.3 Å². The molecular weight excluding hydrogens is 454 g/mol. The largest absolute Gasteiger partial charge is 0.340 e. The van der Waals surface area contributed by atoms with Gasteiger partial charge in [0, 0.05) is 23.0 Å². The number of anilines is 2. The summed E-state index contributed by atoms with van der Waals surface area (Å²) in [6.07, 6.45) is 2.48. The zero-order chi connectivity index (χ0) is 23.4. The second-order valence-corrected chi connectivity index (χ2v) is 10.0. The van der Waals surface area contributed by atoms with Crippen molar-refractivity contribution in [2.45, 2.75) is 55.0 Å². The van der Waals surface area contributed by atoms with E-state index in [1.807, 2.05) is 0 Å². The van der Waals surface area contributed by atoms with Gasteiger partial charge in [0.25, 0.3) is 6.43 Å². The number of nitrogens with zero attached hydrogens (tertiary/aromatic N) is 3. The van der Waals surface area contributed by atoms with Crippen LogP contribution in [0.1, 0.15) is 43.8 Å². The number of fused-ring (bicyclic) bond motifs is 4. The Bertz CT molecular complexity index is 1330. The lowest BCUT2D eigenvalue weighted by Crippen LogP contribution is -2.57. The lowest BCUT2D eigenvalue weighted by molar-refractivity contribution is -0.136. The molecule has 1 saturated carbocycles. The van der Waals surface area contributed by atoms with Crippen molar-refractivity contribution >= 4 is 38.6 Å². The quantitative estimate of drug-likeness (QED) is 0.531. The second-order valence-electron chi connectivity index (χ2n) is 8.45. The molecule has 174 valence electrons. The molecule has 2 aliphatic rings. The van der Waals surface area contributed by atoms with Gasteiger partial charge in [0.15, 0.2) is 0 Å². The van der Waals surface area contributed by atoms with Gasteiger partial charge in [0.1, 0.15) is 17.2 Å². The van der Waals surface area contributed by atoms with E-state index >= 15 is 0 Å². The van der Waals surface area contributed by atoms with Gasteiger partial charge in [-0.05, 0) is 43.2 Å². The molecule has 1 spiro atoms. The number of carbonyl (C=O) groups is 1. The average Bonchev–Trinajstić information content (AvgIpc) is 3.16. The summed E-state index contributed by atoms with van der Waals surface area (Å²) in [5.41, 5.74) is 0.294. The van der Waals surface area contributed by atoms with Crippen molar-refractivity contribution in [3.63, 3.8) is 0 Å². The maximum absolute atomic E-state index is 13.8. The van der Waals surface area contributed by atoms with E-state index in [-0.39, 0.29) is 10.8 Å². The minimum absolute atomic E-state index is 0.0339. The van der Waals surface area contributed by atoms with Gasteiger partial charge in [-0.1, -0.05) is 19.3 Å². The maximum Gasteiger partial charge on any atom is 0.264 e. The zero-order valence-corrected chi connectivity index (χ0v) is 18.3. The van der Waals surface area contributed by atoms with Crippen LogP contribution in [0.25, 0.3) is 11.0 Å². The second kappa shape index (κ2) is 7.73. The molecule has 2 aromatic heterocycles. The van der Waals surface area contributed by atoms with Gasteiger partial charge >= 0.3 is 0 Å². The highest BCUT2D eigenvalue weighted by atomic mass is 32.2. The highest BCUT2D eigenvalue weighted by Crippen LogP contribution is 2.44. The molecule has 0 radical (unpaired) electrons. The summed E-state index contributed by atoms with van der Waals surface area (Å²) in [5.74, 6) is -0.207. The molecule has 9 nitrogen and oxygen atoms in total. The van der Waals surface area contributed by atoms with Crippen molar-refractivity contribution in [3.8, 4) is 0 Å². The number of nitrogens with two attached hydrogens (primary N) is 1. The first kappa shape index (κ1) is 21.7. The molecular formula is C21H22F2N6O3S. The van der Waals surface area contributed by atoms with Gasteiger partial charge < -0.3 is 15.2 Å². The zero-order valence-electron chi connectivity index (χ0n) is 17.5. The van der Waals surface area contributed by atoms with Crippen LogP contribution in [0.3, 0.4) is 0 Å². The Kier molecular flexibility index (Phi) is 5.09. The van der Waals surface area contributed by atoms with E-state index in [4.69, 9.17) is 5.14 Å². The van der Waals surface area contributed by atoms with Crippen molar-refractivity contribution in [1.29, 1.82) is 0 Å². The fraction of sp³-hybridized carbons (Fsp3) is 0.381. The summed E-state index contributed by atoms with van der Waals surface area (Å²) >= 11 is 0. The predicted octanol–water partition coefficient (Wildman–Crippen LogP) is 2.92. The minimum atomic E-state index is -3.82. The Hall–Kier alpha value is -3.12. The fourth-order valence-corrected chi connectivity index (χ4v) is 5.35. The first-order valence-electron chi connectivity index (χ1n) is 10.6. The molecule has 5 rings (SSSR count). The third-order valence-corrected chi connectivity index (χ3v) is 7.33. The van der Waals surface area contributed by atoms with E-state index in [9.17, 15) is 22.0 Å². The van der Waals surface area contributed by atoms with E-state index in [1.165, 1.54) is 30.5 Å². The first-order valence-corrected chi connectivity index (χ1v) is 12.1. The lowest BCUT2D eigenvalue weighted by atomic mass is 9.79. The molecule has 3 heterocycles. The number of carbonyl (C=O) groups excluding carboxylic acids is 1. The van der Waals surface area contributed by atoms with Gasteiger partial charge in [-0.15, -0.1) is 0 Å². The molecule has 0 unspecified atom stereocenters. The lowest BCUT2D eigenvalue weighted by Gasteiger charge is -2.44. The van der Waals surface area contributed by atoms with Crippen molar-refractivity contribution < 1.29 is 22.0 Å². The number of benzene rings is 1. The van der Waals surface area contributed by atoms with Gasteiger partial charge in [-0.25, -0.2) is 27.3 Å². The molecule has 0 bridgehead atoms. The summed E-state index contributed by atoms with van der Waals surface area (Å²) in [4.78, 5) is 21.9. The smallest absolute Gasteiger partial charge is 0.264 e. The number of nitrogens with one attached hydrogen (secondary N) is 2. The molecule has 0 saturated heterocycles. The van der Waals surface area contributed by atoms with E-state index in [0.717, 1.165) is 19.3 Å². The normalized spacial score (nSPS) is 20.1. The number of alkyl halides is 2. The summed E-state index contributed by atoms with van der Waals surface area (Å²) in [7, 11) is -3.82. The third-order valence-electron chi connectivity index (χ3n) is 6.40. The highest BCUT2D eigenvalue weighted by molar-refractivity contribution is 7.89. The molecule has 33 heavy (non-hydrogen) atoms. The Morgan fingerprint density at radius 3 is 2.52 bits per heavy atom. The van der Waals surface area contributed by atoms with Crippen LogP contribution in [0.15, 0.2) is 41.4 Å². The summed E-state index contributed by atoms with van der Waals surface area (Å²) in [5, 5.41) is 11.2. The number of amides is 1. The molecule has 4 N–H and O–H groups in total. The van der Waals surface area contributed by atoms with Gasteiger partial charge in [-0.2, -0.15) is 4.98 Å². The Balaban J connectivity index is 1.59. The van der Waals surface area contributed by atoms with Crippen LogP contribution in [0.5, 0.6) is 0 Å². The number of sulfonamides is 1. The summed E-state index contributed by atoms with van der Waals surface area (Å²) in [6, 6.07) is 5.94. The molecule has 1 aliphatic heterocycles. The maximum atomic E-state index is 13.8. The SMILES string of the molecule is NS(=O)(=O)c1ccc(Nc2ncc3cc4n(c3n2)C2(CCCCC2)C(=O)N[C@H]4C(F)F)cc1. The van der Waals surface area contributed by atoms with Crippen LogP contribution in [-0.2, 0) is 20.4 Å². The number of rotatable bonds is 4. The van der Waals surface area contributed by atoms with Crippen molar-refractivity contribution in [1.82, 2.24) is 19.9 Å². The van der Waals surface area contributed by atoms with E-state index < -0.39 is 33.9 Å². The van der Waals surface area contributed by atoms with Crippen LogP contribution in [-0.4, -0.2) is 35.3 Å². The van der Waals surface area contributed by atoms with Crippen LogP contribution in [0.2, 0.25) is 0 Å². The Morgan fingerprint density at radius 1 is 1.18 bits per heavy atom. The van der Waals surface area contributed by atoms with Crippen molar-refractivity contribution in [2.24, 2.45) is 5.14 Å². The number of aromatic nitrogens is 3. The molecule has 1 aromatic carbocycles. The van der Waals surface area contributed by atoms with Crippen LogP contribution < -0.4 is 15.8 Å². The van der Waals surface area contributed by atoms with Crippen LogP contribution in [0.4, 0.5) is 20.4 Å². The van der Waals surface area contributed by atoms with Gasteiger partial charge in [0.2, 0.25) is 21.9 Å². The Morgan fingerprint density at radius 2 is 1.88 bits per heavy atom. The number of primary sulfonamides is 1. The molecule has 12 heteroatoms. The average molecular weight is 477 g/mol. The van der Waals surface area contributed by atoms with Crippen LogP contribution >= 0.6 is 0 Å². The van der Waals surface area contributed by atoms with Gasteiger partial charge in [0.05, 0.1) is 4.90 Å². The fourth-order valence-electron chi connectivity index (χ4n) is 4.84. The molecule has 1 atom stereocenters. The van der Waals surface area contributed by atoms with E-state index in [1.54, 1.807) is 10.6 Å².